The van der Waals surface area contributed by atoms with Crippen molar-refractivity contribution < 1.29 is 9.15 Å². The lowest BCUT2D eigenvalue weighted by Gasteiger charge is -2.27. The summed E-state index contributed by atoms with van der Waals surface area (Å²) < 4.78 is 11.5. The van der Waals surface area contributed by atoms with Gasteiger partial charge in [0.2, 0.25) is 0 Å². The van der Waals surface area contributed by atoms with E-state index in [9.17, 15) is 0 Å². The number of hydrogen-bond donors (Lipinski definition) is 0. The average Bonchev–Trinajstić information content (AvgIpc) is 2.99. The largest absolute Gasteiger partial charge is 0.450 e. The molecule has 0 radical (unpaired) electrons. The topological polar surface area (TPSA) is 51.4 Å². The lowest BCUT2D eigenvalue weighted by molar-refractivity contribution is 0.122. The molecule has 2 aromatic heterocycles. The predicted octanol–water partition coefficient (Wildman–Crippen LogP) is 3.03. The highest BCUT2D eigenvalue weighted by Gasteiger charge is 2.20. The van der Waals surface area contributed by atoms with E-state index in [1.54, 1.807) is 0 Å². The second-order valence-electron chi connectivity index (χ2n) is 5.38. The Morgan fingerprint density at radius 1 is 1.05 bits per heavy atom. The summed E-state index contributed by atoms with van der Waals surface area (Å²) >= 11 is 0. The molecule has 0 unspecified atom stereocenters. The quantitative estimate of drug-likeness (QED) is 0.727. The Bertz CT molecular complexity index is 792. The zero-order valence-corrected chi connectivity index (χ0v) is 12.5. The molecule has 0 amide bonds. The Hall–Kier alpha value is -2.40. The third-order valence-electron chi connectivity index (χ3n) is 3.83. The minimum absolute atomic E-state index is 0.719. The van der Waals surface area contributed by atoms with Crippen LogP contribution in [0.2, 0.25) is 0 Å². The molecule has 1 saturated heterocycles. The van der Waals surface area contributed by atoms with Crippen LogP contribution in [0.1, 0.15) is 5.82 Å². The van der Waals surface area contributed by atoms with Crippen molar-refractivity contribution in [2.75, 3.05) is 31.2 Å². The fourth-order valence-electron chi connectivity index (χ4n) is 2.76. The maximum atomic E-state index is 6.09. The maximum Gasteiger partial charge on any atom is 0.195 e. The molecule has 0 atom stereocenters. The van der Waals surface area contributed by atoms with Gasteiger partial charge in [-0.05, 0) is 6.92 Å². The molecule has 0 spiro atoms. The lowest BCUT2D eigenvalue weighted by atomic mass is 10.2. The second kappa shape index (κ2) is 5.42. The first-order chi connectivity index (χ1) is 10.8. The predicted molar refractivity (Wildman–Crippen MR) is 85.0 cm³/mol. The molecule has 1 aromatic carbocycles. The minimum Gasteiger partial charge on any atom is -0.450 e. The molecule has 1 aliphatic rings. The number of hydrogen-bond acceptors (Lipinski definition) is 5. The van der Waals surface area contributed by atoms with E-state index >= 15 is 0 Å². The summed E-state index contributed by atoms with van der Waals surface area (Å²) in [4.78, 5) is 11.3. The van der Waals surface area contributed by atoms with Crippen LogP contribution in [-0.4, -0.2) is 36.3 Å². The normalized spacial score (nSPS) is 15.4. The van der Waals surface area contributed by atoms with E-state index in [1.807, 2.05) is 43.3 Å². The summed E-state index contributed by atoms with van der Waals surface area (Å²) in [7, 11) is 0. The van der Waals surface area contributed by atoms with Gasteiger partial charge in [0.15, 0.2) is 11.4 Å². The number of aryl methyl sites for hydroxylation is 1. The molecule has 22 heavy (non-hydrogen) atoms. The molecule has 1 aliphatic heterocycles. The fourth-order valence-corrected chi connectivity index (χ4v) is 2.76. The van der Waals surface area contributed by atoms with Gasteiger partial charge in [0.05, 0.1) is 13.2 Å². The van der Waals surface area contributed by atoms with Gasteiger partial charge in [0.25, 0.3) is 0 Å². The molecule has 4 rings (SSSR count). The Balaban J connectivity index is 1.84. The number of rotatable bonds is 2. The molecule has 3 heterocycles. The van der Waals surface area contributed by atoms with Crippen molar-refractivity contribution in [3.05, 3.63) is 42.2 Å². The van der Waals surface area contributed by atoms with E-state index in [-0.39, 0.29) is 0 Å². The van der Waals surface area contributed by atoms with E-state index in [0.29, 0.717) is 0 Å². The van der Waals surface area contributed by atoms with Crippen LogP contribution < -0.4 is 4.90 Å². The second-order valence-corrected chi connectivity index (χ2v) is 5.38. The maximum absolute atomic E-state index is 6.09. The first-order valence-corrected chi connectivity index (χ1v) is 7.47. The summed E-state index contributed by atoms with van der Waals surface area (Å²) in [5.41, 5.74) is 2.66. The van der Waals surface area contributed by atoms with Gasteiger partial charge in [-0.15, -0.1) is 0 Å². The summed E-state index contributed by atoms with van der Waals surface area (Å²) in [6, 6.07) is 12.1. The van der Waals surface area contributed by atoms with E-state index in [2.05, 4.69) is 14.9 Å². The van der Waals surface area contributed by atoms with E-state index < -0.39 is 0 Å². The summed E-state index contributed by atoms with van der Waals surface area (Å²) in [6.45, 7) is 5.01. The van der Waals surface area contributed by atoms with Crippen molar-refractivity contribution in [1.29, 1.82) is 0 Å². The number of furan rings is 1. The van der Waals surface area contributed by atoms with E-state index in [0.717, 1.165) is 60.4 Å². The molecule has 112 valence electrons. The van der Waals surface area contributed by atoms with Crippen LogP contribution in [-0.2, 0) is 4.74 Å². The van der Waals surface area contributed by atoms with Crippen molar-refractivity contribution in [3.63, 3.8) is 0 Å². The Morgan fingerprint density at radius 2 is 1.82 bits per heavy atom. The zero-order valence-electron chi connectivity index (χ0n) is 12.5. The zero-order chi connectivity index (χ0) is 14.9. The van der Waals surface area contributed by atoms with E-state index in [4.69, 9.17) is 9.15 Å². The number of anilines is 1. The number of ether oxygens (including phenoxy) is 1. The van der Waals surface area contributed by atoms with Gasteiger partial charge in [-0.3, -0.25) is 0 Å². The van der Waals surface area contributed by atoms with Gasteiger partial charge in [0, 0.05) is 24.7 Å². The van der Waals surface area contributed by atoms with Crippen molar-refractivity contribution in [3.8, 4) is 11.3 Å². The van der Waals surface area contributed by atoms with Crippen LogP contribution in [0, 0.1) is 6.92 Å². The smallest absolute Gasteiger partial charge is 0.195 e. The highest BCUT2D eigenvalue weighted by molar-refractivity contribution is 5.88. The van der Waals surface area contributed by atoms with Gasteiger partial charge in [-0.25, -0.2) is 9.97 Å². The summed E-state index contributed by atoms with van der Waals surface area (Å²) in [6.07, 6.45) is 0. The van der Waals surface area contributed by atoms with E-state index in [1.165, 1.54) is 0 Å². The monoisotopic (exact) mass is 295 g/mol. The lowest BCUT2D eigenvalue weighted by Crippen LogP contribution is -2.37. The molecule has 0 N–H and O–H groups in total. The Morgan fingerprint density at radius 3 is 2.59 bits per heavy atom. The van der Waals surface area contributed by atoms with Crippen LogP contribution in [0.5, 0.6) is 0 Å². The highest BCUT2D eigenvalue weighted by atomic mass is 16.5. The molecular formula is C17H17N3O2. The number of benzene rings is 1. The molecule has 1 fully saturated rings. The first kappa shape index (κ1) is 13.3. The Kier molecular flexibility index (Phi) is 3.27. The van der Waals surface area contributed by atoms with Crippen LogP contribution in [0.25, 0.3) is 22.4 Å². The third-order valence-corrected chi connectivity index (χ3v) is 3.83. The standard InChI is InChI=1S/C17H17N3O2/c1-12-18-14-11-15(13-5-3-2-4-6-13)22-16(14)17(19-12)20-7-9-21-10-8-20/h2-6,11H,7-10H2,1H3. The third kappa shape index (κ3) is 2.33. The SMILES string of the molecule is Cc1nc(N2CCOCC2)c2oc(-c3ccccc3)cc2n1. The van der Waals surface area contributed by atoms with Crippen LogP contribution in [0.15, 0.2) is 40.8 Å². The van der Waals surface area contributed by atoms with Gasteiger partial charge >= 0.3 is 0 Å². The molecule has 0 saturated carbocycles. The molecular weight excluding hydrogens is 278 g/mol. The molecule has 5 heteroatoms. The highest BCUT2D eigenvalue weighted by Crippen LogP contribution is 2.32. The number of fused-ring (bicyclic) bond motifs is 1. The van der Waals surface area contributed by atoms with Gasteiger partial charge in [0.1, 0.15) is 17.1 Å². The molecule has 5 nitrogen and oxygen atoms in total. The summed E-state index contributed by atoms with van der Waals surface area (Å²) in [5.74, 6) is 2.45. The fraction of sp³-hybridized carbons (Fsp3) is 0.294. The van der Waals surface area contributed by atoms with Crippen molar-refractivity contribution in [2.45, 2.75) is 6.92 Å². The van der Waals surface area contributed by atoms with Crippen molar-refractivity contribution >= 4 is 16.9 Å². The number of nitrogens with zero attached hydrogens (tertiary/aromatic N) is 3. The number of morpholine rings is 1. The van der Waals surface area contributed by atoms with Gasteiger partial charge < -0.3 is 14.1 Å². The van der Waals surface area contributed by atoms with Gasteiger partial charge in [-0.1, -0.05) is 30.3 Å². The summed E-state index contributed by atoms with van der Waals surface area (Å²) in [5, 5.41) is 0. The van der Waals surface area contributed by atoms with Gasteiger partial charge in [-0.2, -0.15) is 0 Å². The van der Waals surface area contributed by atoms with Crippen LogP contribution >= 0.6 is 0 Å². The van der Waals surface area contributed by atoms with Crippen molar-refractivity contribution in [2.24, 2.45) is 0 Å². The van der Waals surface area contributed by atoms with Crippen molar-refractivity contribution in [1.82, 2.24) is 9.97 Å². The number of aromatic nitrogens is 2. The molecule has 0 aliphatic carbocycles. The minimum atomic E-state index is 0.719. The first-order valence-electron chi connectivity index (χ1n) is 7.47. The van der Waals surface area contributed by atoms with Crippen LogP contribution in [0.4, 0.5) is 5.82 Å². The molecule has 3 aromatic rings. The molecule has 0 bridgehead atoms. The Labute approximate surface area is 128 Å². The van der Waals surface area contributed by atoms with Crippen LogP contribution in [0.3, 0.4) is 0 Å². The average molecular weight is 295 g/mol.